The molecular formula is C22H30F6N2O7S. The zero-order valence-electron chi connectivity index (χ0n) is 20.3. The van der Waals surface area contributed by atoms with Crippen LogP contribution in [-0.2, 0) is 30.3 Å². The standard InChI is InChI=1S/C18H28N2O3S.2C2HF3O2/c1-3-18(23-17(1)12-19-4-7-21-8-5-19)14-20(6-9-22-15-18)11-16-2-10-24-13-16;2*3-2(4,5)1(6)7/h2,10,13,17H,1,3-9,11-12,14-15H2;2*(H,6,7). The molecule has 0 amide bonds. The number of nitrogens with zero attached hydrogens (tertiary/aromatic N) is 2. The maximum atomic E-state index is 10.6. The molecule has 0 bridgehead atoms. The second-order valence-corrected chi connectivity index (χ2v) is 9.66. The fourth-order valence-corrected chi connectivity index (χ4v) is 4.74. The van der Waals surface area contributed by atoms with Gasteiger partial charge in [0.1, 0.15) is 5.60 Å². The van der Waals surface area contributed by atoms with E-state index in [1.165, 1.54) is 5.56 Å². The lowest BCUT2D eigenvalue weighted by molar-refractivity contribution is -0.193. The highest BCUT2D eigenvalue weighted by Gasteiger charge is 2.43. The molecule has 2 unspecified atom stereocenters. The number of carbonyl (C=O) groups is 2. The van der Waals surface area contributed by atoms with E-state index in [1.54, 1.807) is 11.3 Å². The van der Waals surface area contributed by atoms with Crippen LogP contribution in [-0.4, -0.2) is 115 Å². The first kappa shape index (κ1) is 32.2. The predicted octanol–water partition coefficient (Wildman–Crippen LogP) is 3.10. The van der Waals surface area contributed by atoms with Crippen LogP contribution in [0.3, 0.4) is 0 Å². The van der Waals surface area contributed by atoms with Crippen molar-refractivity contribution in [3.63, 3.8) is 0 Å². The van der Waals surface area contributed by atoms with Gasteiger partial charge in [-0.25, -0.2) is 9.59 Å². The van der Waals surface area contributed by atoms with Crippen LogP contribution in [0.2, 0.25) is 0 Å². The van der Waals surface area contributed by atoms with Gasteiger partial charge in [0.15, 0.2) is 0 Å². The van der Waals surface area contributed by atoms with E-state index in [9.17, 15) is 26.3 Å². The van der Waals surface area contributed by atoms with Gasteiger partial charge in [-0.1, -0.05) is 0 Å². The smallest absolute Gasteiger partial charge is 0.475 e. The third-order valence-corrected chi connectivity index (χ3v) is 6.54. The van der Waals surface area contributed by atoms with Gasteiger partial charge >= 0.3 is 24.3 Å². The zero-order valence-corrected chi connectivity index (χ0v) is 21.1. The summed E-state index contributed by atoms with van der Waals surface area (Å²) < 4.78 is 81.4. The molecule has 1 aromatic heterocycles. The van der Waals surface area contributed by atoms with E-state index in [0.717, 1.165) is 78.5 Å². The third-order valence-electron chi connectivity index (χ3n) is 5.80. The molecule has 4 heterocycles. The molecule has 1 spiro atoms. The molecule has 38 heavy (non-hydrogen) atoms. The Morgan fingerprint density at radius 1 is 0.974 bits per heavy atom. The molecular weight excluding hydrogens is 550 g/mol. The molecule has 0 radical (unpaired) electrons. The minimum atomic E-state index is -5.08. The molecule has 2 N–H and O–H groups in total. The van der Waals surface area contributed by atoms with Gasteiger partial charge < -0.3 is 24.4 Å². The van der Waals surface area contributed by atoms with Crippen LogP contribution in [0, 0.1) is 0 Å². The normalized spacial score (nSPS) is 25.1. The Labute approximate surface area is 218 Å². The minimum absolute atomic E-state index is 0.108. The number of ether oxygens (including phenoxy) is 3. The van der Waals surface area contributed by atoms with Crippen molar-refractivity contribution in [3.8, 4) is 0 Å². The van der Waals surface area contributed by atoms with E-state index < -0.39 is 24.3 Å². The van der Waals surface area contributed by atoms with Crippen LogP contribution in [0.15, 0.2) is 16.8 Å². The molecule has 16 heteroatoms. The number of carboxylic acid groups (broad SMARTS) is 2. The van der Waals surface area contributed by atoms with Crippen LogP contribution < -0.4 is 0 Å². The van der Waals surface area contributed by atoms with Crippen LogP contribution in [0.25, 0.3) is 0 Å². The number of rotatable bonds is 4. The first-order chi connectivity index (χ1) is 17.7. The van der Waals surface area contributed by atoms with E-state index in [0.29, 0.717) is 6.10 Å². The highest BCUT2D eigenvalue weighted by Crippen LogP contribution is 2.34. The third kappa shape index (κ3) is 11.4. The predicted molar refractivity (Wildman–Crippen MR) is 122 cm³/mol. The van der Waals surface area contributed by atoms with Crippen LogP contribution in [0.4, 0.5) is 26.3 Å². The van der Waals surface area contributed by atoms with Crippen molar-refractivity contribution in [2.45, 2.75) is 43.4 Å². The first-order valence-corrected chi connectivity index (χ1v) is 12.5. The molecule has 3 aliphatic heterocycles. The van der Waals surface area contributed by atoms with Crippen molar-refractivity contribution in [2.24, 2.45) is 0 Å². The van der Waals surface area contributed by atoms with Gasteiger partial charge in [0.2, 0.25) is 0 Å². The summed E-state index contributed by atoms with van der Waals surface area (Å²) in [6.07, 6.45) is -7.57. The summed E-state index contributed by atoms with van der Waals surface area (Å²) in [5.41, 5.74) is 1.30. The van der Waals surface area contributed by atoms with E-state index in [2.05, 4.69) is 26.6 Å². The number of hydrogen-bond donors (Lipinski definition) is 2. The number of halogens is 6. The van der Waals surface area contributed by atoms with Gasteiger partial charge in [-0.3, -0.25) is 9.80 Å². The molecule has 0 saturated carbocycles. The summed E-state index contributed by atoms with van der Waals surface area (Å²) in [4.78, 5) is 22.8. The van der Waals surface area contributed by atoms with Crippen molar-refractivity contribution in [1.29, 1.82) is 0 Å². The first-order valence-electron chi connectivity index (χ1n) is 11.6. The summed E-state index contributed by atoms with van der Waals surface area (Å²) >= 11 is 1.77. The Bertz CT molecular complexity index is 841. The van der Waals surface area contributed by atoms with Gasteiger partial charge in [0, 0.05) is 39.3 Å². The molecule has 218 valence electrons. The molecule has 3 aliphatic rings. The average molecular weight is 581 g/mol. The van der Waals surface area contributed by atoms with Crippen molar-refractivity contribution in [1.82, 2.24) is 9.80 Å². The fourth-order valence-electron chi connectivity index (χ4n) is 4.08. The number of morpholine rings is 1. The monoisotopic (exact) mass is 580 g/mol. The Kier molecular flexibility index (Phi) is 12.2. The Morgan fingerprint density at radius 3 is 2.05 bits per heavy atom. The zero-order chi connectivity index (χ0) is 28.4. The lowest BCUT2D eigenvalue weighted by Gasteiger charge is -2.33. The molecule has 4 rings (SSSR count). The Balaban J connectivity index is 0.000000301. The maximum Gasteiger partial charge on any atom is 0.490 e. The number of thiophene rings is 1. The summed E-state index contributed by atoms with van der Waals surface area (Å²) in [5, 5.41) is 18.7. The molecule has 9 nitrogen and oxygen atoms in total. The largest absolute Gasteiger partial charge is 0.490 e. The van der Waals surface area contributed by atoms with E-state index >= 15 is 0 Å². The average Bonchev–Trinajstić information content (AvgIpc) is 3.42. The number of hydrogen-bond acceptors (Lipinski definition) is 8. The molecule has 2 atom stereocenters. The SMILES string of the molecule is O=C(O)C(F)(F)F.O=C(O)C(F)(F)F.c1cc(CN2CCOCC3(CCC(CN4CCOCC4)O3)C2)cs1. The molecule has 1 aromatic rings. The van der Waals surface area contributed by atoms with Gasteiger partial charge in [-0.05, 0) is 35.2 Å². The highest BCUT2D eigenvalue weighted by atomic mass is 32.1. The second kappa shape index (κ2) is 14.4. The number of carboxylic acids is 2. The van der Waals surface area contributed by atoms with Gasteiger partial charge in [0.05, 0.1) is 32.5 Å². The van der Waals surface area contributed by atoms with Gasteiger partial charge in [0.25, 0.3) is 0 Å². The van der Waals surface area contributed by atoms with E-state index in [1.807, 2.05) is 0 Å². The molecule has 0 aliphatic carbocycles. The maximum absolute atomic E-state index is 10.6. The van der Waals surface area contributed by atoms with Gasteiger partial charge in [-0.2, -0.15) is 37.7 Å². The fraction of sp³-hybridized carbons (Fsp3) is 0.727. The quantitative estimate of drug-likeness (QED) is 0.520. The van der Waals surface area contributed by atoms with E-state index in [4.69, 9.17) is 34.0 Å². The highest BCUT2D eigenvalue weighted by molar-refractivity contribution is 7.07. The number of aliphatic carboxylic acids is 2. The number of alkyl halides is 6. The lowest BCUT2D eigenvalue weighted by Crippen LogP contribution is -2.46. The molecule has 0 aromatic carbocycles. The summed E-state index contributed by atoms with van der Waals surface area (Å²) in [6.45, 7) is 9.36. The van der Waals surface area contributed by atoms with Crippen molar-refractivity contribution >= 4 is 23.3 Å². The van der Waals surface area contributed by atoms with E-state index in [-0.39, 0.29) is 5.60 Å². The van der Waals surface area contributed by atoms with Crippen LogP contribution in [0.5, 0.6) is 0 Å². The topological polar surface area (TPSA) is 109 Å². The van der Waals surface area contributed by atoms with Crippen LogP contribution >= 0.6 is 11.3 Å². The summed E-state index contributed by atoms with van der Waals surface area (Å²) in [5.74, 6) is -5.51. The summed E-state index contributed by atoms with van der Waals surface area (Å²) in [6, 6.07) is 2.22. The van der Waals surface area contributed by atoms with Gasteiger partial charge in [-0.15, -0.1) is 0 Å². The van der Waals surface area contributed by atoms with Crippen molar-refractivity contribution in [3.05, 3.63) is 22.4 Å². The minimum Gasteiger partial charge on any atom is -0.475 e. The molecule has 3 saturated heterocycles. The Morgan fingerprint density at radius 2 is 1.53 bits per heavy atom. The lowest BCUT2D eigenvalue weighted by atomic mass is 10.00. The van der Waals surface area contributed by atoms with Crippen molar-refractivity contribution < 1.29 is 60.4 Å². The Hall–Kier alpha value is -1.98. The second-order valence-electron chi connectivity index (χ2n) is 8.88. The summed E-state index contributed by atoms with van der Waals surface area (Å²) in [7, 11) is 0. The van der Waals surface area contributed by atoms with Crippen molar-refractivity contribution in [2.75, 3.05) is 59.2 Å². The molecule has 3 fully saturated rings. The van der Waals surface area contributed by atoms with Crippen LogP contribution in [0.1, 0.15) is 18.4 Å².